The molecule has 2 fully saturated rings. The van der Waals surface area contributed by atoms with E-state index in [9.17, 15) is 9.59 Å². The zero-order chi connectivity index (χ0) is 19.4. The molecule has 6 heteroatoms. The van der Waals surface area contributed by atoms with Crippen molar-refractivity contribution in [2.45, 2.75) is 58.5 Å². The molecule has 2 aliphatic heterocycles. The molecular weight excluding hydrogens is 342 g/mol. The van der Waals surface area contributed by atoms with Gasteiger partial charge in [0, 0.05) is 31.9 Å². The summed E-state index contributed by atoms with van der Waals surface area (Å²) in [5.74, 6) is 0.251. The average molecular weight is 376 g/mol. The van der Waals surface area contributed by atoms with Gasteiger partial charge in [0.2, 0.25) is 0 Å². The monoisotopic (exact) mass is 375 g/mol. The fraction of sp³-hybridized carbons (Fsp3) is 0.714. The summed E-state index contributed by atoms with van der Waals surface area (Å²) < 4.78 is 6.73. The number of hydrogen-bond donors (Lipinski definition) is 1. The van der Waals surface area contributed by atoms with E-state index in [-0.39, 0.29) is 17.0 Å². The van der Waals surface area contributed by atoms with E-state index in [1.165, 1.54) is 38.8 Å². The summed E-state index contributed by atoms with van der Waals surface area (Å²) >= 11 is 0. The van der Waals surface area contributed by atoms with E-state index in [4.69, 9.17) is 4.74 Å². The molecule has 150 valence electrons. The Hall–Kier alpha value is -1.66. The van der Waals surface area contributed by atoms with E-state index in [1.54, 1.807) is 11.7 Å². The minimum Gasteiger partial charge on any atom is -0.383 e. The number of ether oxygens (including phenoxy) is 1. The van der Waals surface area contributed by atoms with Crippen LogP contribution >= 0.6 is 0 Å². The van der Waals surface area contributed by atoms with Gasteiger partial charge in [-0.15, -0.1) is 0 Å². The molecule has 1 aromatic heterocycles. The predicted octanol–water partition coefficient (Wildman–Crippen LogP) is 2.11. The fourth-order valence-corrected chi connectivity index (χ4v) is 4.79. The molecule has 0 aliphatic carbocycles. The normalized spacial score (nSPS) is 23.1. The maximum Gasteiger partial charge on any atom is 0.263 e. The van der Waals surface area contributed by atoms with Gasteiger partial charge >= 0.3 is 0 Å². The summed E-state index contributed by atoms with van der Waals surface area (Å²) in [6.45, 7) is 7.68. The first-order chi connectivity index (χ1) is 13.0. The molecular formula is C21H33N3O3. The van der Waals surface area contributed by atoms with E-state index < -0.39 is 0 Å². The van der Waals surface area contributed by atoms with Crippen molar-refractivity contribution in [1.82, 2.24) is 14.8 Å². The quantitative estimate of drug-likeness (QED) is 0.827. The maximum atomic E-state index is 12.9. The Balaban J connectivity index is 1.71. The van der Waals surface area contributed by atoms with Crippen molar-refractivity contribution in [2.75, 3.05) is 33.4 Å². The van der Waals surface area contributed by atoms with Crippen LogP contribution in [0, 0.1) is 19.8 Å². The van der Waals surface area contributed by atoms with Crippen LogP contribution in [0.2, 0.25) is 0 Å². The first-order valence-electron chi connectivity index (χ1n) is 10.2. The zero-order valence-corrected chi connectivity index (χ0v) is 16.9. The number of aromatic nitrogens is 1. The lowest BCUT2D eigenvalue weighted by atomic mass is 9.83. The largest absolute Gasteiger partial charge is 0.383 e. The Bertz CT molecular complexity index is 726. The second kappa shape index (κ2) is 9.02. The summed E-state index contributed by atoms with van der Waals surface area (Å²) in [7, 11) is 1.61. The van der Waals surface area contributed by atoms with Crippen LogP contribution in [0.15, 0.2) is 10.9 Å². The third-order valence-electron chi connectivity index (χ3n) is 6.20. The Kier molecular flexibility index (Phi) is 6.71. The molecule has 2 atom stereocenters. The van der Waals surface area contributed by atoms with Crippen molar-refractivity contribution in [3.63, 3.8) is 0 Å². The molecule has 0 saturated carbocycles. The Morgan fingerprint density at radius 2 is 2.00 bits per heavy atom. The lowest BCUT2D eigenvalue weighted by Crippen LogP contribution is -2.51. The number of rotatable bonds is 6. The number of amides is 1. The van der Waals surface area contributed by atoms with Gasteiger partial charge in [0.05, 0.1) is 6.61 Å². The predicted molar refractivity (Wildman–Crippen MR) is 106 cm³/mol. The van der Waals surface area contributed by atoms with Crippen LogP contribution in [0.4, 0.5) is 0 Å². The first-order valence-corrected chi connectivity index (χ1v) is 10.2. The summed E-state index contributed by atoms with van der Waals surface area (Å²) in [5.41, 5.74) is 1.65. The highest BCUT2D eigenvalue weighted by Crippen LogP contribution is 2.30. The highest BCUT2D eigenvalue weighted by atomic mass is 16.5. The number of piperidine rings is 2. The minimum atomic E-state index is -0.239. The van der Waals surface area contributed by atoms with Crippen molar-refractivity contribution in [1.29, 1.82) is 0 Å². The van der Waals surface area contributed by atoms with Crippen LogP contribution in [0.3, 0.4) is 0 Å². The van der Waals surface area contributed by atoms with Gasteiger partial charge in [-0.3, -0.25) is 9.59 Å². The molecule has 27 heavy (non-hydrogen) atoms. The van der Waals surface area contributed by atoms with Crippen molar-refractivity contribution in [3.8, 4) is 0 Å². The Labute approximate surface area is 161 Å². The van der Waals surface area contributed by atoms with Crippen molar-refractivity contribution in [3.05, 3.63) is 33.2 Å². The number of carbonyl (C=O) groups excluding carboxylic acids is 1. The van der Waals surface area contributed by atoms with E-state index in [1.807, 2.05) is 19.9 Å². The Morgan fingerprint density at radius 1 is 1.22 bits per heavy atom. The number of pyridine rings is 1. The molecule has 2 aliphatic rings. The van der Waals surface area contributed by atoms with Crippen LogP contribution in [0.1, 0.15) is 53.7 Å². The standard InChI is InChI=1S/C21H33N3O3/c1-15-13-16(2)24(11-12-27-3)21(26)19(15)20(25)22-14-17-7-6-10-23-9-5-4-8-18(17)23/h13,17-18H,4-12,14H2,1-3H3,(H,22,25). The molecule has 0 bridgehead atoms. The van der Waals surface area contributed by atoms with Crippen LogP contribution in [0.25, 0.3) is 0 Å². The number of nitrogens with zero attached hydrogens (tertiary/aromatic N) is 2. The van der Waals surface area contributed by atoms with Gasteiger partial charge in [0.1, 0.15) is 5.56 Å². The van der Waals surface area contributed by atoms with Crippen molar-refractivity contribution in [2.24, 2.45) is 5.92 Å². The first kappa shape index (κ1) is 20.1. The number of hydrogen-bond acceptors (Lipinski definition) is 4. The van der Waals surface area contributed by atoms with Crippen LogP contribution < -0.4 is 10.9 Å². The minimum absolute atomic E-state index is 0.218. The molecule has 0 aromatic carbocycles. The zero-order valence-electron chi connectivity index (χ0n) is 16.9. The van der Waals surface area contributed by atoms with Crippen molar-refractivity contribution >= 4 is 5.91 Å². The van der Waals surface area contributed by atoms with E-state index >= 15 is 0 Å². The lowest BCUT2D eigenvalue weighted by Gasteiger charge is -2.44. The molecule has 2 saturated heterocycles. The van der Waals surface area contributed by atoms with E-state index in [0.29, 0.717) is 31.7 Å². The van der Waals surface area contributed by atoms with Gasteiger partial charge in [-0.2, -0.15) is 0 Å². The Morgan fingerprint density at radius 3 is 2.78 bits per heavy atom. The maximum absolute atomic E-state index is 12.9. The van der Waals surface area contributed by atoms with Crippen molar-refractivity contribution < 1.29 is 9.53 Å². The highest BCUT2D eigenvalue weighted by molar-refractivity contribution is 5.95. The topological polar surface area (TPSA) is 63.6 Å². The number of aryl methyl sites for hydroxylation is 2. The number of fused-ring (bicyclic) bond motifs is 1. The molecule has 3 heterocycles. The molecule has 6 nitrogen and oxygen atoms in total. The summed E-state index contributed by atoms with van der Waals surface area (Å²) in [4.78, 5) is 28.3. The van der Waals surface area contributed by atoms with Gasteiger partial charge in [0.25, 0.3) is 11.5 Å². The van der Waals surface area contributed by atoms with Gasteiger partial charge < -0.3 is 19.5 Å². The molecule has 1 N–H and O–H groups in total. The number of nitrogens with one attached hydrogen (secondary N) is 1. The van der Waals surface area contributed by atoms with Gasteiger partial charge in [-0.05, 0) is 70.2 Å². The molecule has 0 radical (unpaired) electrons. The second-order valence-corrected chi connectivity index (χ2v) is 8.00. The summed E-state index contributed by atoms with van der Waals surface area (Å²) in [5, 5.41) is 3.08. The summed E-state index contributed by atoms with van der Waals surface area (Å²) in [6, 6.07) is 2.50. The molecule has 1 amide bonds. The number of carbonyl (C=O) groups is 1. The fourth-order valence-electron chi connectivity index (χ4n) is 4.79. The highest BCUT2D eigenvalue weighted by Gasteiger charge is 2.33. The molecule has 0 spiro atoms. The smallest absolute Gasteiger partial charge is 0.263 e. The lowest BCUT2D eigenvalue weighted by molar-refractivity contribution is 0.0575. The second-order valence-electron chi connectivity index (χ2n) is 8.00. The molecule has 3 rings (SSSR count). The van der Waals surface area contributed by atoms with Crippen LogP contribution in [0.5, 0.6) is 0 Å². The van der Waals surface area contributed by atoms with Crippen LogP contribution in [-0.2, 0) is 11.3 Å². The van der Waals surface area contributed by atoms with Gasteiger partial charge in [-0.25, -0.2) is 0 Å². The number of methoxy groups -OCH3 is 1. The van der Waals surface area contributed by atoms with Gasteiger partial charge in [0.15, 0.2) is 0 Å². The third-order valence-corrected chi connectivity index (χ3v) is 6.20. The van der Waals surface area contributed by atoms with Crippen LogP contribution in [-0.4, -0.2) is 54.8 Å². The van der Waals surface area contributed by atoms with E-state index in [2.05, 4.69) is 10.2 Å². The van der Waals surface area contributed by atoms with E-state index in [0.717, 1.165) is 17.7 Å². The third kappa shape index (κ3) is 4.43. The summed E-state index contributed by atoms with van der Waals surface area (Å²) in [6.07, 6.45) is 6.16. The average Bonchev–Trinajstić information content (AvgIpc) is 2.66. The molecule has 2 unspecified atom stereocenters. The molecule has 1 aromatic rings. The van der Waals surface area contributed by atoms with Gasteiger partial charge in [-0.1, -0.05) is 6.42 Å². The SMILES string of the molecule is COCCn1c(C)cc(C)c(C(=O)NCC2CCCN3CCCCC23)c1=O.